The Morgan fingerprint density at radius 3 is 2.48 bits per heavy atom. The number of anilines is 3. The molecule has 114 valence electrons. The molecule has 0 atom stereocenters. The van der Waals surface area contributed by atoms with E-state index >= 15 is 0 Å². The van der Waals surface area contributed by atoms with Crippen molar-refractivity contribution in [2.75, 3.05) is 25.3 Å². The number of nitrogen functional groups attached to an aromatic ring is 1. The van der Waals surface area contributed by atoms with Gasteiger partial charge in [-0.2, -0.15) is 5.10 Å². The molecule has 1 aromatic heterocycles. The predicted molar refractivity (Wildman–Crippen MR) is 84.5 cm³/mol. The van der Waals surface area contributed by atoms with Gasteiger partial charge in [0.05, 0.1) is 31.3 Å². The number of benzene rings is 1. The molecule has 21 heavy (non-hydrogen) atoms. The molecular formula is C15H22N4O2. The summed E-state index contributed by atoms with van der Waals surface area (Å²) >= 11 is 0. The van der Waals surface area contributed by atoms with Crippen LogP contribution in [0, 0.1) is 0 Å². The summed E-state index contributed by atoms with van der Waals surface area (Å²) in [6.07, 6.45) is 0. The van der Waals surface area contributed by atoms with E-state index in [0.29, 0.717) is 11.4 Å². The van der Waals surface area contributed by atoms with Crippen molar-refractivity contribution in [2.45, 2.75) is 19.8 Å². The molecule has 0 bridgehead atoms. The third-order valence-electron chi connectivity index (χ3n) is 3.32. The van der Waals surface area contributed by atoms with Crippen molar-refractivity contribution in [1.82, 2.24) is 9.78 Å². The molecule has 0 saturated heterocycles. The Kier molecular flexibility index (Phi) is 4.26. The summed E-state index contributed by atoms with van der Waals surface area (Å²) in [5, 5.41) is 7.74. The number of nitrogens with one attached hydrogen (secondary N) is 1. The first-order valence-corrected chi connectivity index (χ1v) is 6.79. The molecule has 0 radical (unpaired) electrons. The van der Waals surface area contributed by atoms with E-state index in [2.05, 4.69) is 24.3 Å². The van der Waals surface area contributed by atoms with Crippen molar-refractivity contribution in [1.29, 1.82) is 0 Å². The zero-order valence-electron chi connectivity index (χ0n) is 13.1. The van der Waals surface area contributed by atoms with Crippen molar-refractivity contribution < 1.29 is 9.47 Å². The van der Waals surface area contributed by atoms with E-state index < -0.39 is 0 Å². The monoisotopic (exact) mass is 290 g/mol. The molecule has 6 heteroatoms. The average Bonchev–Trinajstić information content (AvgIpc) is 2.75. The summed E-state index contributed by atoms with van der Waals surface area (Å²) in [4.78, 5) is 0. The van der Waals surface area contributed by atoms with Gasteiger partial charge < -0.3 is 20.5 Å². The van der Waals surface area contributed by atoms with Crippen molar-refractivity contribution in [3.8, 4) is 11.5 Å². The second kappa shape index (κ2) is 5.95. The molecule has 2 aromatic rings. The summed E-state index contributed by atoms with van der Waals surface area (Å²) in [5.41, 5.74) is 8.50. The van der Waals surface area contributed by atoms with Crippen LogP contribution in [0.5, 0.6) is 11.5 Å². The van der Waals surface area contributed by atoms with Crippen molar-refractivity contribution in [3.05, 3.63) is 23.9 Å². The van der Waals surface area contributed by atoms with E-state index in [1.165, 1.54) is 0 Å². The third-order valence-corrected chi connectivity index (χ3v) is 3.32. The smallest absolute Gasteiger partial charge is 0.152 e. The van der Waals surface area contributed by atoms with Crippen LogP contribution in [-0.2, 0) is 7.05 Å². The first-order chi connectivity index (χ1) is 9.97. The molecular weight excluding hydrogens is 268 g/mol. The van der Waals surface area contributed by atoms with E-state index in [9.17, 15) is 0 Å². The maximum absolute atomic E-state index is 6.20. The van der Waals surface area contributed by atoms with Crippen LogP contribution < -0.4 is 20.5 Å². The first-order valence-electron chi connectivity index (χ1n) is 6.79. The van der Waals surface area contributed by atoms with E-state index in [-0.39, 0.29) is 5.92 Å². The summed E-state index contributed by atoms with van der Waals surface area (Å²) in [6.45, 7) is 4.13. The molecule has 0 aliphatic carbocycles. The van der Waals surface area contributed by atoms with Gasteiger partial charge in [0.1, 0.15) is 11.5 Å². The van der Waals surface area contributed by atoms with Crippen molar-refractivity contribution >= 4 is 17.2 Å². The molecule has 0 spiro atoms. The van der Waals surface area contributed by atoms with Crippen molar-refractivity contribution in [2.24, 2.45) is 7.05 Å². The molecule has 3 N–H and O–H groups in total. The summed E-state index contributed by atoms with van der Waals surface area (Å²) in [5.74, 6) is 2.45. The van der Waals surface area contributed by atoms with Gasteiger partial charge in [0.2, 0.25) is 0 Å². The maximum Gasteiger partial charge on any atom is 0.152 e. The number of nitrogens with zero attached hydrogens (tertiary/aromatic N) is 2. The highest BCUT2D eigenvalue weighted by molar-refractivity contribution is 5.75. The van der Waals surface area contributed by atoms with E-state index in [0.717, 1.165) is 22.9 Å². The molecule has 0 aliphatic rings. The number of aromatic nitrogens is 2. The van der Waals surface area contributed by atoms with Gasteiger partial charge in [-0.25, -0.2) is 0 Å². The standard InChI is InChI=1S/C15H22N4O2/c1-9(2)14-13(16)15(19(3)18-14)17-11-8-10(20-4)6-7-12(11)21-5/h6-9,17H,16H2,1-5H3. The Labute approximate surface area is 124 Å². The Hall–Kier alpha value is -2.37. The number of rotatable bonds is 5. The van der Waals surface area contributed by atoms with Crippen molar-refractivity contribution in [3.63, 3.8) is 0 Å². The van der Waals surface area contributed by atoms with E-state index in [1.54, 1.807) is 18.9 Å². The number of aryl methyl sites for hydroxylation is 1. The zero-order valence-corrected chi connectivity index (χ0v) is 13.1. The van der Waals surface area contributed by atoms with Gasteiger partial charge in [-0.15, -0.1) is 0 Å². The van der Waals surface area contributed by atoms with Gasteiger partial charge in [0.25, 0.3) is 0 Å². The molecule has 2 rings (SSSR count). The molecule has 0 fully saturated rings. The van der Waals surface area contributed by atoms with Gasteiger partial charge >= 0.3 is 0 Å². The lowest BCUT2D eigenvalue weighted by Gasteiger charge is -2.13. The number of nitrogens with two attached hydrogens (primary N) is 1. The normalized spacial score (nSPS) is 10.8. The number of hydrogen-bond donors (Lipinski definition) is 2. The Bertz CT molecular complexity index is 635. The largest absolute Gasteiger partial charge is 0.497 e. The summed E-state index contributed by atoms with van der Waals surface area (Å²) < 4.78 is 12.3. The fourth-order valence-corrected chi connectivity index (χ4v) is 2.18. The molecule has 0 aliphatic heterocycles. The highest BCUT2D eigenvalue weighted by Gasteiger charge is 2.17. The van der Waals surface area contributed by atoms with Gasteiger partial charge in [-0.05, 0) is 18.1 Å². The molecule has 0 saturated carbocycles. The molecule has 0 amide bonds. The van der Waals surface area contributed by atoms with E-state index in [4.69, 9.17) is 15.2 Å². The second-order valence-electron chi connectivity index (χ2n) is 5.12. The Morgan fingerprint density at radius 2 is 1.95 bits per heavy atom. The minimum atomic E-state index is 0.263. The van der Waals surface area contributed by atoms with Crippen LogP contribution in [0.1, 0.15) is 25.5 Å². The van der Waals surface area contributed by atoms with Crippen LogP contribution in [0.4, 0.5) is 17.2 Å². The van der Waals surface area contributed by atoms with E-state index in [1.807, 2.05) is 25.2 Å². The first kappa shape index (κ1) is 15.0. The predicted octanol–water partition coefficient (Wildman–Crippen LogP) is 2.89. The molecule has 0 unspecified atom stereocenters. The molecule has 1 heterocycles. The number of hydrogen-bond acceptors (Lipinski definition) is 5. The lowest BCUT2D eigenvalue weighted by atomic mass is 10.1. The van der Waals surface area contributed by atoms with Gasteiger partial charge in [-0.1, -0.05) is 13.8 Å². The number of ether oxygens (including phenoxy) is 2. The Morgan fingerprint density at radius 1 is 1.24 bits per heavy atom. The third kappa shape index (κ3) is 2.89. The number of methoxy groups -OCH3 is 2. The summed E-state index contributed by atoms with van der Waals surface area (Å²) in [6, 6.07) is 5.55. The maximum atomic E-state index is 6.20. The zero-order chi connectivity index (χ0) is 15.6. The average molecular weight is 290 g/mol. The molecule has 6 nitrogen and oxygen atoms in total. The highest BCUT2D eigenvalue weighted by atomic mass is 16.5. The molecule has 1 aromatic carbocycles. The highest BCUT2D eigenvalue weighted by Crippen LogP contribution is 2.35. The van der Waals surface area contributed by atoms with Crippen LogP contribution in [0.2, 0.25) is 0 Å². The lowest BCUT2D eigenvalue weighted by molar-refractivity contribution is 0.405. The second-order valence-corrected chi connectivity index (χ2v) is 5.12. The van der Waals surface area contributed by atoms with Gasteiger partial charge in [0, 0.05) is 13.1 Å². The fraction of sp³-hybridized carbons (Fsp3) is 0.400. The SMILES string of the molecule is COc1ccc(OC)c(Nc2c(N)c(C(C)C)nn2C)c1. The van der Waals surface area contributed by atoms with Crippen LogP contribution in [-0.4, -0.2) is 24.0 Å². The van der Waals surface area contributed by atoms with Crippen LogP contribution in [0.15, 0.2) is 18.2 Å². The fourth-order valence-electron chi connectivity index (χ4n) is 2.18. The summed E-state index contributed by atoms with van der Waals surface area (Å²) in [7, 11) is 5.11. The van der Waals surface area contributed by atoms with Crippen LogP contribution >= 0.6 is 0 Å². The van der Waals surface area contributed by atoms with Gasteiger partial charge in [-0.3, -0.25) is 4.68 Å². The lowest BCUT2D eigenvalue weighted by Crippen LogP contribution is -2.03. The Balaban J connectivity index is 2.42. The quantitative estimate of drug-likeness (QED) is 0.885. The van der Waals surface area contributed by atoms with Gasteiger partial charge in [0.15, 0.2) is 5.82 Å². The van der Waals surface area contributed by atoms with Crippen LogP contribution in [0.25, 0.3) is 0 Å². The van der Waals surface area contributed by atoms with Crippen LogP contribution in [0.3, 0.4) is 0 Å². The topological polar surface area (TPSA) is 74.3 Å². The minimum Gasteiger partial charge on any atom is -0.497 e. The minimum absolute atomic E-state index is 0.263.